The second-order valence-corrected chi connectivity index (χ2v) is 15.8. The number of ether oxygens (including phenoxy) is 3. The number of alkyl carbamates (subject to hydrolysis) is 1. The smallest absolute Gasteiger partial charge is 0.410 e. The lowest BCUT2D eigenvalue weighted by Crippen LogP contribution is -2.46. The number of methoxy groups -OCH3 is 1. The van der Waals surface area contributed by atoms with Crippen LogP contribution in [0.1, 0.15) is 72.3 Å². The normalized spacial score (nSPS) is 11.9. The maximum Gasteiger partial charge on any atom is 0.410 e. The second kappa shape index (κ2) is 24.1. The fourth-order valence-corrected chi connectivity index (χ4v) is 4.83. The number of halogens is 3. The van der Waals surface area contributed by atoms with E-state index >= 15 is 0 Å². The summed E-state index contributed by atoms with van der Waals surface area (Å²) in [6.45, 7) is 16.6. The Kier molecular flexibility index (Phi) is 21.6. The first-order valence-electron chi connectivity index (χ1n) is 17.4. The van der Waals surface area contributed by atoms with Crippen molar-refractivity contribution in [2.75, 3.05) is 66.0 Å². The highest BCUT2D eigenvalue weighted by Gasteiger charge is 2.44. The molecule has 0 saturated heterocycles. The first kappa shape index (κ1) is 46.7. The first-order chi connectivity index (χ1) is 24.4. The van der Waals surface area contributed by atoms with E-state index in [0.717, 1.165) is 11.3 Å². The van der Waals surface area contributed by atoms with E-state index in [2.05, 4.69) is 26.8 Å². The van der Waals surface area contributed by atoms with Gasteiger partial charge in [0.25, 0.3) is 0 Å². The molecule has 1 rings (SSSR count). The average Bonchev–Trinajstić information content (AvgIpc) is 3.05. The number of carbonyl (C=O) groups excluding carboxylic acids is 3. The molecule has 0 heterocycles. The van der Waals surface area contributed by atoms with Gasteiger partial charge in [-0.05, 0) is 96.0 Å². The maximum atomic E-state index is 13.4. The Hall–Kier alpha value is -3.35. The highest BCUT2D eigenvalue weighted by molar-refractivity contribution is 6.68. The van der Waals surface area contributed by atoms with Crippen molar-refractivity contribution in [2.45, 2.75) is 81.7 Å². The number of hydrogen-bond donors (Lipinski definition) is 1. The van der Waals surface area contributed by atoms with Crippen LogP contribution in [0.4, 0.5) is 9.59 Å². The van der Waals surface area contributed by atoms with Crippen LogP contribution < -0.4 is 10.1 Å². The minimum Gasteiger partial charge on any atom is -0.497 e. The van der Waals surface area contributed by atoms with Gasteiger partial charge in [0.05, 0.1) is 7.11 Å². The van der Waals surface area contributed by atoms with Crippen LogP contribution in [0, 0.1) is 0 Å². The van der Waals surface area contributed by atoms with Crippen LogP contribution in [0.3, 0.4) is 0 Å². The summed E-state index contributed by atoms with van der Waals surface area (Å²) < 4.78 is 14.2. The van der Waals surface area contributed by atoms with Gasteiger partial charge in [0.1, 0.15) is 11.4 Å². The summed E-state index contributed by atoms with van der Waals surface area (Å²) in [6, 6.07) is 7.44. The molecule has 1 aromatic carbocycles. The molecule has 0 fully saturated rings. The standard InChI is InChI=1S/C36H56Cl3N7O6/c1-8-22-44(24-13-28-46(26-11-21-42-43-40)33(49)52-35(5,6)36(37,38)39)23-12-27-45(25-10-9-20-41-32(48)51-34(2,3)4)31(47)19-16-29-14-17-30(50-7)18-15-29/h8,14-19H,1,9-13,20-28H2,2-7H3,(H,41,48)/b19-16+. The predicted molar refractivity (Wildman–Crippen MR) is 209 cm³/mol. The quantitative estimate of drug-likeness (QED) is 0.0223. The SMILES string of the molecule is C=CCN(CCCN(CCCCNC(=O)OC(C)(C)C)C(=O)/C=C/c1ccc(OC)cc1)CCCN(CCCN=[N+]=[N-])C(=O)OC(C)(C)C(Cl)(Cl)Cl. The number of carbonyl (C=O) groups is 3. The van der Waals surface area contributed by atoms with Gasteiger partial charge >= 0.3 is 12.2 Å². The highest BCUT2D eigenvalue weighted by atomic mass is 35.6. The molecule has 13 nitrogen and oxygen atoms in total. The van der Waals surface area contributed by atoms with Crippen LogP contribution in [-0.4, -0.2) is 114 Å². The van der Waals surface area contributed by atoms with Crippen LogP contribution in [0.15, 0.2) is 48.1 Å². The number of hydrogen-bond acceptors (Lipinski definition) is 8. The van der Waals surface area contributed by atoms with Gasteiger partial charge in [0.15, 0.2) is 5.60 Å². The molecule has 0 aliphatic rings. The molecule has 0 aromatic heterocycles. The van der Waals surface area contributed by atoms with Gasteiger partial charge in [-0.15, -0.1) is 6.58 Å². The monoisotopic (exact) mass is 787 g/mol. The Bertz CT molecular complexity index is 1330. The van der Waals surface area contributed by atoms with Crippen molar-refractivity contribution in [1.29, 1.82) is 0 Å². The molecular weight excluding hydrogens is 733 g/mol. The van der Waals surface area contributed by atoms with Crippen molar-refractivity contribution in [3.63, 3.8) is 0 Å². The Labute approximate surface area is 324 Å². The minimum atomic E-state index is -1.84. The van der Waals surface area contributed by atoms with E-state index in [1.807, 2.05) is 56.0 Å². The van der Waals surface area contributed by atoms with Crippen molar-refractivity contribution >= 4 is 59.0 Å². The summed E-state index contributed by atoms with van der Waals surface area (Å²) in [4.78, 5) is 46.8. The topological polar surface area (TPSA) is 149 Å². The zero-order chi connectivity index (χ0) is 39.2. The molecule has 0 aliphatic carbocycles. The summed E-state index contributed by atoms with van der Waals surface area (Å²) in [5.41, 5.74) is 7.54. The number of unbranched alkanes of at least 4 members (excludes halogenated alkanes) is 1. The number of nitrogens with zero attached hydrogens (tertiary/aromatic N) is 6. The number of benzene rings is 1. The van der Waals surface area contributed by atoms with E-state index < -0.39 is 27.2 Å². The van der Waals surface area contributed by atoms with Crippen LogP contribution in [0.2, 0.25) is 0 Å². The number of amides is 3. The summed E-state index contributed by atoms with van der Waals surface area (Å²) in [7, 11) is 1.60. The lowest BCUT2D eigenvalue weighted by atomic mass is 10.2. The van der Waals surface area contributed by atoms with Gasteiger partial charge in [-0.1, -0.05) is 58.1 Å². The Morgan fingerprint density at radius 3 is 2.04 bits per heavy atom. The van der Waals surface area contributed by atoms with Crippen LogP contribution in [-0.2, 0) is 14.3 Å². The fourth-order valence-electron chi connectivity index (χ4n) is 4.71. The summed E-state index contributed by atoms with van der Waals surface area (Å²) >= 11 is 18.1. The van der Waals surface area contributed by atoms with E-state index in [1.165, 1.54) is 18.7 Å². The first-order valence-corrected chi connectivity index (χ1v) is 18.5. The minimum absolute atomic E-state index is 0.112. The second-order valence-electron chi connectivity index (χ2n) is 13.5. The zero-order valence-electron chi connectivity index (χ0n) is 31.4. The molecule has 3 amide bonds. The molecule has 0 bridgehead atoms. The molecule has 0 radical (unpaired) electrons. The molecule has 292 valence electrons. The van der Waals surface area contributed by atoms with Gasteiger partial charge in [0.2, 0.25) is 9.70 Å². The fraction of sp³-hybridized carbons (Fsp3) is 0.639. The average molecular weight is 789 g/mol. The van der Waals surface area contributed by atoms with Crippen molar-refractivity contribution in [2.24, 2.45) is 5.11 Å². The van der Waals surface area contributed by atoms with E-state index in [-0.39, 0.29) is 12.5 Å². The summed E-state index contributed by atoms with van der Waals surface area (Å²) in [6.07, 6.45) is 7.17. The lowest BCUT2D eigenvalue weighted by Gasteiger charge is -2.34. The highest BCUT2D eigenvalue weighted by Crippen LogP contribution is 2.40. The van der Waals surface area contributed by atoms with Gasteiger partial charge in [-0.2, -0.15) is 0 Å². The van der Waals surface area contributed by atoms with Crippen molar-refractivity contribution < 1.29 is 28.6 Å². The Morgan fingerprint density at radius 2 is 1.48 bits per heavy atom. The molecule has 0 spiro atoms. The maximum absolute atomic E-state index is 13.4. The molecule has 16 heteroatoms. The Morgan fingerprint density at radius 1 is 0.885 bits per heavy atom. The van der Waals surface area contributed by atoms with Crippen molar-refractivity contribution in [3.8, 4) is 5.75 Å². The van der Waals surface area contributed by atoms with E-state index in [9.17, 15) is 14.4 Å². The van der Waals surface area contributed by atoms with Crippen LogP contribution in [0.25, 0.3) is 16.5 Å². The largest absolute Gasteiger partial charge is 0.497 e. The van der Waals surface area contributed by atoms with Gasteiger partial charge in [-0.25, -0.2) is 9.59 Å². The third kappa shape index (κ3) is 20.0. The molecule has 0 saturated carbocycles. The third-order valence-electron chi connectivity index (χ3n) is 7.59. The lowest BCUT2D eigenvalue weighted by molar-refractivity contribution is -0.126. The summed E-state index contributed by atoms with van der Waals surface area (Å²) in [5.74, 6) is 0.620. The van der Waals surface area contributed by atoms with Gasteiger partial charge in [0, 0.05) is 69.9 Å². The van der Waals surface area contributed by atoms with Crippen LogP contribution >= 0.6 is 34.8 Å². The Balaban J connectivity index is 2.87. The molecule has 0 atom stereocenters. The molecule has 0 unspecified atom stereocenters. The molecule has 1 aromatic rings. The predicted octanol–water partition coefficient (Wildman–Crippen LogP) is 8.40. The van der Waals surface area contributed by atoms with E-state index in [4.69, 9.17) is 54.5 Å². The van der Waals surface area contributed by atoms with Gasteiger partial charge in [-0.3, -0.25) is 9.69 Å². The summed E-state index contributed by atoms with van der Waals surface area (Å²) in [5, 5.41) is 6.32. The van der Waals surface area contributed by atoms with E-state index in [1.54, 1.807) is 19.3 Å². The third-order valence-corrected chi connectivity index (χ3v) is 8.96. The van der Waals surface area contributed by atoms with Crippen molar-refractivity contribution in [1.82, 2.24) is 20.0 Å². The zero-order valence-corrected chi connectivity index (χ0v) is 33.7. The number of azide groups is 1. The van der Waals surface area contributed by atoms with Gasteiger partial charge < -0.3 is 29.3 Å². The number of rotatable bonds is 23. The molecule has 0 aliphatic heterocycles. The number of alkyl halides is 3. The number of nitrogens with one attached hydrogen (secondary N) is 1. The molecule has 52 heavy (non-hydrogen) atoms. The van der Waals surface area contributed by atoms with E-state index in [0.29, 0.717) is 84.5 Å². The van der Waals surface area contributed by atoms with Crippen molar-refractivity contribution in [3.05, 3.63) is 59.0 Å². The molecular formula is C36H56Cl3N7O6. The molecule has 1 N–H and O–H groups in total. The van der Waals surface area contributed by atoms with Crippen LogP contribution in [0.5, 0.6) is 5.75 Å².